The van der Waals surface area contributed by atoms with E-state index in [2.05, 4.69) is 17.4 Å². The van der Waals surface area contributed by atoms with Crippen LogP contribution in [-0.4, -0.2) is 42.9 Å². The van der Waals surface area contributed by atoms with E-state index in [-0.39, 0.29) is 7.85 Å². The van der Waals surface area contributed by atoms with Crippen molar-refractivity contribution in [3.8, 4) is 0 Å². The Kier molecular flexibility index (Phi) is 12.0. The molecule has 5 nitrogen and oxygen atoms in total. The molecule has 7 heteroatoms. The fourth-order valence-electron chi connectivity index (χ4n) is 0.768. The van der Waals surface area contributed by atoms with Crippen LogP contribution in [0.4, 0.5) is 0 Å². The van der Waals surface area contributed by atoms with Crippen LogP contribution in [0.1, 0.15) is 28.6 Å². The molecule has 2 radical (unpaired) electrons. The fourth-order valence-corrected chi connectivity index (χ4v) is 1.04. The minimum absolute atomic E-state index is 0. The molecule has 19 heavy (non-hydrogen) atoms. The number of carbonyl (C=O) groups excluding carboxylic acids is 1. The summed E-state index contributed by atoms with van der Waals surface area (Å²) in [5.74, 6) is 0.791. The molecule has 1 unspecified atom stereocenters. The summed E-state index contributed by atoms with van der Waals surface area (Å²) in [4.78, 5) is 11.6. The Morgan fingerprint density at radius 3 is 2.37 bits per heavy atom. The summed E-state index contributed by atoms with van der Waals surface area (Å²) in [6.45, 7) is 5.23. The summed E-state index contributed by atoms with van der Waals surface area (Å²) in [5.41, 5.74) is 1.34. The number of nitrogens with one attached hydrogen (secondary N) is 1. The molecule has 0 heterocycles. The van der Waals surface area contributed by atoms with Gasteiger partial charge in [0.15, 0.2) is 0 Å². The van der Waals surface area contributed by atoms with Crippen molar-refractivity contribution in [1.82, 2.24) is 5.48 Å². The molecule has 0 amide bonds. The number of thiol groups is 1. The van der Waals surface area contributed by atoms with Gasteiger partial charge >= 0.3 is 5.97 Å². The molecule has 0 aromatic heterocycles. The van der Waals surface area contributed by atoms with Gasteiger partial charge in [-0.3, -0.25) is 4.79 Å². The van der Waals surface area contributed by atoms with Crippen molar-refractivity contribution in [2.45, 2.75) is 38.8 Å². The second-order valence-electron chi connectivity index (χ2n) is 4.62. The Morgan fingerprint density at radius 2 is 2.05 bits per heavy atom. The lowest BCUT2D eigenvalue weighted by Gasteiger charge is -2.11. The molecule has 110 valence electrons. The number of rotatable bonds is 5. The lowest BCUT2D eigenvalue weighted by molar-refractivity contribution is -0.145. The summed E-state index contributed by atoms with van der Waals surface area (Å²) in [7, 11) is 6.35. The molecule has 0 aliphatic rings. The molecule has 0 saturated carbocycles. The highest BCUT2D eigenvalue weighted by Gasteiger charge is 2.18. The van der Waals surface area contributed by atoms with Crippen molar-refractivity contribution in [3.63, 3.8) is 0 Å². The van der Waals surface area contributed by atoms with Crippen molar-refractivity contribution in [1.29, 1.82) is 0 Å². The molecule has 0 rings (SSSR count). The van der Waals surface area contributed by atoms with Crippen LogP contribution in [-0.2, 0) is 9.53 Å². The zero-order valence-electron chi connectivity index (χ0n) is 11.8. The van der Waals surface area contributed by atoms with Crippen molar-refractivity contribution < 1.29 is 21.3 Å². The maximum atomic E-state index is 11.0. The third-order valence-corrected chi connectivity index (χ3v) is 1.79. The molecule has 0 aromatic carbocycles. The van der Waals surface area contributed by atoms with Crippen LogP contribution in [0.25, 0.3) is 0 Å². The number of hydrogen-bond donors (Lipinski definition) is 4. The lowest BCUT2D eigenvalue weighted by Crippen LogP contribution is -2.35. The van der Waals surface area contributed by atoms with Crippen LogP contribution < -0.4 is 5.48 Å². The predicted octanol–water partition coefficient (Wildman–Crippen LogP) is 1.42. The van der Waals surface area contributed by atoms with E-state index in [1.54, 1.807) is 32.9 Å². The maximum Gasteiger partial charge on any atom is 0.325 e. The summed E-state index contributed by atoms with van der Waals surface area (Å²) >= 11 is 4.09. The van der Waals surface area contributed by atoms with Gasteiger partial charge in [0, 0.05) is 7.85 Å². The number of hydroxylamine groups is 1. The highest BCUT2D eigenvalue weighted by molar-refractivity contribution is 7.84. The van der Waals surface area contributed by atoms with Gasteiger partial charge in [-0.15, -0.1) is 18.6 Å². The standard InChI is InChI=1S/C8H12BNO3S.C4H10O.H2/c1-13-8(11)7(10-12)5-6(14)3-2-4-9;1-4(2,3)5;/h2-4,7,10,12,14H,5H2,1H3;5H,1-3H3;1H/b4-2+,6-3-;;. The molecule has 0 saturated heterocycles. The number of esters is 1. The first-order chi connectivity index (χ1) is 8.65. The normalized spacial score (nSPS) is 13.7. The van der Waals surface area contributed by atoms with E-state index >= 15 is 0 Å². The molecule has 0 aromatic rings. The third-order valence-electron chi connectivity index (χ3n) is 1.45. The quantitative estimate of drug-likeness (QED) is 0.202. The molecule has 3 N–H and O–H groups in total. The van der Waals surface area contributed by atoms with Crippen LogP contribution in [0.15, 0.2) is 23.0 Å². The second-order valence-corrected chi connectivity index (χ2v) is 5.20. The van der Waals surface area contributed by atoms with E-state index < -0.39 is 17.6 Å². The number of methoxy groups -OCH3 is 1. The van der Waals surface area contributed by atoms with E-state index in [1.807, 2.05) is 5.48 Å². The predicted molar refractivity (Wildman–Crippen MR) is 81.4 cm³/mol. The molecule has 0 bridgehead atoms. The van der Waals surface area contributed by atoms with Gasteiger partial charge in [0.2, 0.25) is 0 Å². The number of carbonyl (C=O) groups is 1. The molecule has 1 atom stereocenters. The van der Waals surface area contributed by atoms with Crippen LogP contribution in [0.5, 0.6) is 0 Å². The monoisotopic (exact) mass is 289 g/mol. The minimum Gasteiger partial charge on any atom is -0.468 e. The van der Waals surface area contributed by atoms with Crippen LogP contribution in [0.3, 0.4) is 0 Å². The van der Waals surface area contributed by atoms with E-state index in [0.29, 0.717) is 4.91 Å². The minimum atomic E-state index is -0.810. The highest BCUT2D eigenvalue weighted by atomic mass is 32.1. The molecule has 0 spiro atoms. The Labute approximate surface area is 123 Å². The lowest BCUT2D eigenvalue weighted by atomic mass is 10.1. The van der Waals surface area contributed by atoms with Crippen LogP contribution in [0.2, 0.25) is 0 Å². The zero-order chi connectivity index (χ0) is 15.5. The van der Waals surface area contributed by atoms with Crippen molar-refractivity contribution in [2.24, 2.45) is 0 Å². The molecule has 0 aliphatic carbocycles. The first-order valence-corrected chi connectivity index (χ1v) is 6.06. The van der Waals surface area contributed by atoms with Gasteiger partial charge < -0.3 is 15.1 Å². The zero-order valence-corrected chi connectivity index (χ0v) is 12.6. The summed E-state index contributed by atoms with van der Waals surface area (Å²) in [5, 5.41) is 17.2. The average Bonchev–Trinajstić information content (AvgIpc) is 2.30. The number of aliphatic hydroxyl groups is 1. The summed E-state index contributed by atoms with van der Waals surface area (Å²) < 4.78 is 4.44. The van der Waals surface area contributed by atoms with E-state index in [4.69, 9.17) is 18.2 Å². The van der Waals surface area contributed by atoms with Gasteiger partial charge in [0.05, 0.1) is 12.7 Å². The van der Waals surface area contributed by atoms with E-state index in [9.17, 15) is 4.79 Å². The highest BCUT2D eigenvalue weighted by Crippen LogP contribution is 2.10. The van der Waals surface area contributed by atoms with Gasteiger partial charge in [-0.25, -0.2) is 0 Å². The number of hydrogen-bond acceptors (Lipinski definition) is 6. The first-order valence-electron chi connectivity index (χ1n) is 5.62. The van der Waals surface area contributed by atoms with E-state index in [1.165, 1.54) is 13.1 Å². The van der Waals surface area contributed by atoms with Gasteiger partial charge in [-0.2, -0.15) is 5.48 Å². The third kappa shape index (κ3) is 17.2. The van der Waals surface area contributed by atoms with Crippen molar-refractivity contribution in [3.05, 3.63) is 23.0 Å². The Hall–Kier alpha value is -0.755. The van der Waals surface area contributed by atoms with E-state index in [0.717, 1.165) is 0 Å². The SMILES string of the molecule is CC(C)(C)O.[B]/C=C/C=C(\S)CC(NO)C(=O)OC.[HH]. The van der Waals surface area contributed by atoms with Gasteiger partial charge in [0.1, 0.15) is 13.9 Å². The van der Waals surface area contributed by atoms with Gasteiger partial charge in [-0.1, -0.05) is 12.2 Å². The Bertz CT molecular complexity index is 313. The fraction of sp³-hybridized carbons (Fsp3) is 0.583. The average molecular weight is 289 g/mol. The van der Waals surface area contributed by atoms with Crippen molar-refractivity contribution in [2.75, 3.05) is 7.11 Å². The first kappa shape index (κ1) is 20.6. The number of allylic oxidation sites excluding steroid dienone is 2. The smallest absolute Gasteiger partial charge is 0.325 e. The molecular formula is C12H24BNO4S. The topological polar surface area (TPSA) is 78.8 Å². The maximum absolute atomic E-state index is 11.0. The van der Waals surface area contributed by atoms with Gasteiger partial charge in [-0.05, 0) is 25.7 Å². The molecular weight excluding hydrogens is 265 g/mol. The van der Waals surface area contributed by atoms with Crippen molar-refractivity contribution >= 4 is 26.4 Å². The van der Waals surface area contributed by atoms with Gasteiger partial charge in [0.25, 0.3) is 0 Å². The second kappa shape index (κ2) is 11.1. The summed E-state index contributed by atoms with van der Waals surface area (Å²) in [6.07, 6.45) is 3.43. The van der Waals surface area contributed by atoms with Crippen LogP contribution in [0, 0.1) is 0 Å². The molecule has 0 fully saturated rings. The largest absolute Gasteiger partial charge is 0.468 e. The summed E-state index contributed by atoms with van der Waals surface area (Å²) in [6, 6.07) is -0.810. The Morgan fingerprint density at radius 1 is 1.58 bits per heavy atom. The number of ether oxygens (including phenoxy) is 1. The molecule has 0 aliphatic heterocycles. The Balaban J connectivity index is -0.000000414. The van der Waals surface area contributed by atoms with Crippen LogP contribution >= 0.6 is 12.6 Å².